The smallest absolute Gasteiger partial charge is 0.274 e. The minimum Gasteiger partial charge on any atom is -0.395 e. The van der Waals surface area contributed by atoms with Crippen molar-refractivity contribution in [3.8, 4) is 0 Å². The summed E-state index contributed by atoms with van der Waals surface area (Å²) in [5, 5.41) is 11.2. The maximum Gasteiger partial charge on any atom is 0.274 e. The summed E-state index contributed by atoms with van der Waals surface area (Å²) in [7, 11) is 1.74. The molecule has 0 aliphatic carbocycles. The van der Waals surface area contributed by atoms with Gasteiger partial charge in [-0.2, -0.15) is 0 Å². The molecule has 0 spiro atoms. The van der Waals surface area contributed by atoms with Crippen LogP contribution in [0.3, 0.4) is 0 Å². The molecule has 2 amide bonds. The molecule has 0 saturated carbocycles. The topological polar surface area (TPSA) is 74.6 Å². The molecule has 0 aromatic carbocycles. The first-order valence-electron chi connectivity index (χ1n) is 6.37. The summed E-state index contributed by atoms with van der Waals surface area (Å²) in [5.74, 6) is -0.758. The van der Waals surface area contributed by atoms with Crippen LogP contribution in [-0.4, -0.2) is 52.6 Å². The van der Waals surface area contributed by atoms with Gasteiger partial charge in [-0.25, -0.2) is 0 Å². The lowest BCUT2D eigenvalue weighted by Gasteiger charge is -2.19. The van der Waals surface area contributed by atoms with Crippen molar-refractivity contribution in [1.29, 1.82) is 0 Å². The number of carbonyl (C=O) groups is 2. The molecule has 1 aromatic rings. The molecule has 6 nitrogen and oxygen atoms in total. The van der Waals surface area contributed by atoms with Crippen LogP contribution in [0.4, 0.5) is 0 Å². The van der Waals surface area contributed by atoms with Crippen molar-refractivity contribution in [2.75, 3.05) is 26.2 Å². The van der Waals surface area contributed by atoms with Crippen LogP contribution in [0.5, 0.6) is 0 Å². The number of nitrogens with zero attached hydrogens (tertiary/aromatic N) is 2. The summed E-state index contributed by atoms with van der Waals surface area (Å²) >= 11 is 0. The number of imide groups is 1. The molecule has 6 heteroatoms. The fourth-order valence-electron chi connectivity index (χ4n) is 1.86. The van der Waals surface area contributed by atoms with E-state index in [-0.39, 0.29) is 19.1 Å². The average Bonchev–Trinajstić information content (AvgIpc) is 2.76. The number of amides is 2. The molecule has 0 aliphatic heterocycles. The molecule has 0 aliphatic rings. The van der Waals surface area contributed by atoms with Gasteiger partial charge in [0.15, 0.2) is 0 Å². The number of carbonyl (C=O) groups excluding carboxylic acids is 2. The van der Waals surface area contributed by atoms with Gasteiger partial charge < -0.3 is 9.67 Å². The lowest BCUT2D eigenvalue weighted by molar-refractivity contribution is -0.121. The Morgan fingerprint density at radius 3 is 2.68 bits per heavy atom. The normalized spacial score (nSPS) is 10.7. The van der Waals surface area contributed by atoms with Gasteiger partial charge in [0.2, 0.25) is 5.91 Å². The van der Waals surface area contributed by atoms with E-state index in [9.17, 15) is 9.59 Å². The number of aliphatic hydroxyl groups is 1. The van der Waals surface area contributed by atoms with Crippen molar-refractivity contribution in [2.24, 2.45) is 7.05 Å². The highest BCUT2D eigenvalue weighted by atomic mass is 16.3. The van der Waals surface area contributed by atoms with Crippen LogP contribution >= 0.6 is 0 Å². The predicted molar refractivity (Wildman–Crippen MR) is 71.7 cm³/mol. The van der Waals surface area contributed by atoms with Crippen molar-refractivity contribution in [2.45, 2.75) is 13.3 Å². The fraction of sp³-hybridized carbons (Fsp3) is 0.538. The van der Waals surface area contributed by atoms with Gasteiger partial charge in [-0.1, -0.05) is 6.92 Å². The maximum atomic E-state index is 11.8. The second kappa shape index (κ2) is 7.70. The minimum atomic E-state index is -0.405. The van der Waals surface area contributed by atoms with Gasteiger partial charge in [0, 0.05) is 19.8 Å². The largest absolute Gasteiger partial charge is 0.395 e. The number of hydrogen-bond donors (Lipinski definition) is 2. The van der Waals surface area contributed by atoms with Crippen molar-refractivity contribution in [1.82, 2.24) is 14.8 Å². The Hall–Kier alpha value is -1.66. The molecule has 1 heterocycles. The standard InChI is InChI=1S/C13H21N3O3/c1-3-6-16(8-9-17)10-12(18)14-13(19)11-5-4-7-15(11)2/h4-5,7,17H,3,6,8-10H2,1-2H3,(H,14,18,19). The zero-order valence-corrected chi connectivity index (χ0v) is 11.4. The Bertz CT molecular complexity index is 423. The Balaban J connectivity index is 2.50. The number of aryl methyl sites for hydroxylation is 1. The van der Waals surface area contributed by atoms with Crippen LogP contribution < -0.4 is 5.32 Å². The summed E-state index contributed by atoms with van der Waals surface area (Å²) in [6.45, 7) is 3.26. The molecule has 0 radical (unpaired) electrons. The first-order valence-corrected chi connectivity index (χ1v) is 6.37. The van der Waals surface area contributed by atoms with E-state index in [0.29, 0.717) is 18.8 Å². The van der Waals surface area contributed by atoms with Gasteiger partial charge >= 0.3 is 0 Å². The number of aromatic nitrogens is 1. The first kappa shape index (κ1) is 15.4. The fourth-order valence-corrected chi connectivity index (χ4v) is 1.86. The van der Waals surface area contributed by atoms with Crippen molar-refractivity contribution >= 4 is 11.8 Å². The third kappa shape index (κ3) is 4.84. The third-order valence-electron chi connectivity index (χ3n) is 2.75. The molecule has 0 atom stereocenters. The van der Waals surface area contributed by atoms with Crippen LogP contribution in [0.1, 0.15) is 23.8 Å². The number of aliphatic hydroxyl groups excluding tert-OH is 1. The second-order valence-electron chi connectivity index (χ2n) is 4.38. The highest BCUT2D eigenvalue weighted by Crippen LogP contribution is 1.99. The molecule has 106 valence electrons. The van der Waals surface area contributed by atoms with E-state index in [4.69, 9.17) is 5.11 Å². The van der Waals surface area contributed by atoms with E-state index in [1.54, 1.807) is 29.9 Å². The van der Waals surface area contributed by atoms with Gasteiger partial charge in [-0.3, -0.25) is 19.8 Å². The molecule has 0 fully saturated rings. The summed E-state index contributed by atoms with van der Waals surface area (Å²) in [4.78, 5) is 25.4. The van der Waals surface area contributed by atoms with E-state index in [1.807, 2.05) is 11.8 Å². The summed E-state index contributed by atoms with van der Waals surface area (Å²) in [5.41, 5.74) is 0.442. The summed E-state index contributed by atoms with van der Waals surface area (Å²) in [6.07, 6.45) is 2.63. The van der Waals surface area contributed by atoms with Crippen LogP contribution in [0.25, 0.3) is 0 Å². The monoisotopic (exact) mass is 267 g/mol. The Labute approximate surface area is 113 Å². The zero-order valence-electron chi connectivity index (χ0n) is 11.4. The molecule has 1 rings (SSSR count). The molecule has 0 unspecified atom stereocenters. The van der Waals surface area contributed by atoms with Gasteiger partial charge in [-0.15, -0.1) is 0 Å². The number of nitrogens with one attached hydrogen (secondary N) is 1. The van der Waals surface area contributed by atoms with E-state index >= 15 is 0 Å². The molecular weight excluding hydrogens is 246 g/mol. The number of rotatable bonds is 7. The molecular formula is C13H21N3O3. The number of hydrogen-bond acceptors (Lipinski definition) is 4. The van der Waals surface area contributed by atoms with Crippen molar-refractivity contribution in [3.63, 3.8) is 0 Å². The van der Waals surface area contributed by atoms with Crippen molar-refractivity contribution in [3.05, 3.63) is 24.0 Å². The predicted octanol–water partition coefficient (Wildman–Crippen LogP) is -0.0142. The molecule has 19 heavy (non-hydrogen) atoms. The Morgan fingerprint density at radius 1 is 1.42 bits per heavy atom. The lowest BCUT2D eigenvalue weighted by Crippen LogP contribution is -2.41. The van der Waals surface area contributed by atoms with Gasteiger partial charge in [0.25, 0.3) is 5.91 Å². The van der Waals surface area contributed by atoms with Crippen molar-refractivity contribution < 1.29 is 14.7 Å². The van der Waals surface area contributed by atoms with E-state index in [1.165, 1.54) is 0 Å². The highest BCUT2D eigenvalue weighted by molar-refractivity contribution is 6.04. The first-order chi connectivity index (χ1) is 9.08. The van der Waals surface area contributed by atoms with Gasteiger partial charge in [0.1, 0.15) is 5.69 Å². The van der Waals surface area contributed by atoms with Crippen LogP contribution in [0, 0.1) is 0 Å². The molecule has 0 saturated heterocycles. The van der Waals surface area contributed by atoms with E-state index in [0.717, 1.165) is 6.42 Å². The lowest BCUT2D eigenvalue weighted by atomic mass is 10.3. The van der Waals surface area contributed by atoms with E-state index < -0.39 is 5.91 Å². The van der Waals surface area contributed by atoms with Crippen LogP contribution in [0.2, 0.25) is 0 Å². The zero-order chi connectivity index (χ0) is 14.3. The Morgan fingerprint density at radius 2 is 2.16 bits per heavy atom. The van der Waals surface area contributed by atoms with Crippen LogP contribution in [0.15, 0.2) is 18.3 Å². The maximum absolute atomic E-state index is 11.8. The Kier molecular flexibility index (Phi) is 6.24. The summed E-state index contributed by atoms with van der Waals surface area (Å²) in [6, 6.07) is 3.40. The molecule has 2 N–H and O–H groups in total. The summed E-state index contributed by atoms with van der Waals surface area (Å²) < 4.78 is 1.65. The SMILES string of the molecule is CCCN(CCO)CC(=O)NC(=O)c1cccn1C. The van der Waals surface area contributed by atoms with Gasteiger partial charge in [0.05, 0.1) is 13.2 Å². The third-order valence-corrected chi connectivity index (χ3v) is 2.75. The minimum absolute atomic E-state index is 0.000955. The van der Waals surface area contributed by atoms with E-state index in [2.05, 4.69) is 5.32 Å². The van der Waals surface area contributed by atoms with Crippen LogP contribution in [-0.2, 0) is 11.8 Å². The molecule has 1 aromatic heterocycles. The van der Waals surface area contributed by atoms with Gasteiger partial charge in [-0.05, 0) is 25.1 Å². The quantitative estimate of drug-likeness (QED) is 0.728. The average molecular weight is 267 g/mol. The highest BCUT2D eigenvalue weighted by Gasteiger charge is 2.15. The molecule has 0 bridgehead atoms. The second-order valence-corrected chi connectivity index (χ2v) is 4.38.